The van der Waals surface area contributed by atoms with Gasteiger partial charge in [-0.25, -0.2) is 9.67 Å². The van der Waals surface area contributed by atoms with Crippen molar-refractivity contribution >= 4 is 11.9 Å². The first-order valence-corrected chi connectivity index (χ1v) is 4.35. The van der Waals surface area contributed by atoms with E-state index in [1.807, 2.05) is 0 Å². The predicted octanol–water partition coefficient (Wildman–Crippen LogP) is -0.0711. The first kappa shape index (κ1) is 12.3. The molecule has 3 N–H and O–H groups in total. The van der Waals surface area contributed by atoms with Crippen molar-refractivity contribution in [2.45, 2.75) is 19.1 Å². The van der Waals surface area contributed by atoms with E-state index < -0.39 is 25.0 Å². The van der Waals surface area contributed by atoms with Crippen LogP contribution in [-0.4, -0.2) is 33.4 Å². The van der Waals surface area contributed by atoms with Gasteiger partial charge in [0.2, 0.25) is 11.9 Å². The molecule has 90 valence electrons. The van der Waals surface area contributed by atoms with Crippen molar-refractivity contribution in [1.29, 1.82) is 0 Å². The number of nitrogens with two attached hydrogens (primary N) is 1. The maximum absolute atomic E-state index is 11.7. The van der Waals surface area contributed by atoms with Gasteiger partial charge in [0.05, 0.1) is 6.42 Å². The second kappa shape index (κ2) is 4.81. The number of amides is 1. The van der Waals surface area contributed by atoms with Gasteiger partial charge in [-0.05, 0) is 0 Å². The Morgan fingerprint density at radius 2 is 2.25 bits per heavy atom. The smallest absolute Gasteiger partial charge is 0.367 e. The van der Waals surface area contributed by atoms with E-state index >= 15 is 0 Å². The minimum absolute atomic E-state index is 0.00286. The molecule has 0 aliphatic carbocycles. The van der Waals surface area contributed by atoms with Crippen molar-refractivity contribution < 1.29 is 18.0 Å². The van der Waals surface area contributed by atoms with Gasteiger partial charge >= 0.3 is 6.18 Å². The fraction of sp³-hybridized carbons (Fsp3) is 0.571. The summed E-state index contributed by atoms with van der Waals surface area (Å²) in [4.78, 5) is 14.7. The quantitative estimate of drug-likeness (QED) is 0.767. The number of rotatable bonds is 4. The van der Waals surface area contributed by atoms with Crippen LogP contribution in [0.5, 0.6) is 0 Å². The van der Waals surface area contributed by atoms with Gasteiger partial charge in [-0.3, -0.25) is 4.79 Å². The van der Waals surface area contributed by atoms with Crippen LogP contribution in [0.2, 0.25) is 0 Å². The first-order chi connectivity index (χ1) is 7.37. The predicted molar refractivity (Wildman–Crippen MR) is 48.1 cm³/mol. The molecular weight excluding hydrogens is 227 g/mol. The van der Waals surface area contributed by atoms with E-state index in [9.17, 15) is 18.0 Å². The van der Waals surface area contributed by atoms with E-state index in [1.165, 1.54) is 6.33 Å². The summed E-state index contributed by atoms with van der Waals surface area (Å²) in [6.45, 7) is -0.658. The highest BCUT2D eigenvalue weighted by atomic mass is 19.4. The maximum atomic E-state index is 11.7. The lowest BCUT2D eigenvalue weighted by molar-refractivity contribution is -0.135. The Bertz CT molecular complexity index is 361. The van der Waals surface area contributed by atoms with Crippen molar-refractivity contribution in [3.63, 3.8) is 0 Å². The summed E-state index contributed by atoms with van der Waals surface area (Å²) in [6.07, 6.45) is -4.11. The van der Waals surface area contributed by atoms with E-state index in [1.54, 1.807) is 0 Å². The zero-order chi connectivity index (χ0) is 12.2. The van der Waals surface area contributed by atoms with Crippen LogP contribution in [0, 0.1) is 0 Å². The third-order valence-corrected chi connectivity index (χ3v) is 1.59. The van der Waals surface area contributed by atoms with Crippen molar-refractivity contribution in [1.82, 2.24) is 20.1 Å². The Morgan fingerprint density at radius 1 is 1.56 bits per heavy atom. The fourth-order valence-electron chi connectivity index (χ4n) is 0.932. The van der Waals surface area contributed by atoms with Crippen molar-refractivity contribution in [2.75, 3.05) is 12.3 Å². The summed E-state index contributed by atoms with van der Waals surface area (Å²) in [5.41, 5.74) is 5.19. The summed E-state index contributed by atoms with van der Waals surface area (Å²) in [6, 6.07) is 0. The topological polar surface area (TPSA) is 85.8 Å². The molecule has 16 heavy (non-hydrogen) atoms. The molecule has 0 unspecified atom stereocenters. The highest BCUT2D eigenvalue weighted by Gasteiger charge is 2.26. The Morgan fingerprint density at radius 3 is 2.75 bits per heavy atom. The fourth-order valence-corrected chi connectivity index (χ4v) is 0.932. The average Bonchev–Trinajstić information content (AvgIpc) is 2.48. The molecule has 0 radical (unpaired) electrons. The van der Waals surface area contributed by atoms with Crippen LogP contribution in [0.15, 0.2) is 6.33 Å². The zero-order valence-electron chi connectivity index (χ0n) is 8.16. The molecule has 0 fully saturated rings. The lowest BCUT2D eigenvalue weighted by Gasteiger charge is -2.07. The Hall–Kier alpha value is -1.80. The van der Waals surface area contributed by atoms with E-state index in [-0.39, 0.29) is 12.5 Å². The molecule has 1 rings (SSSR count). The molecule has 9 heteroatoms. The second-order valence-corrected chi connectivity index (χ2v) is 3.02. The largest absolute Gasteiger partial charge is 0.390 e. The molecule has 0 aliphatic rings. The standard InChI is InChI=1S/C7H10F3N5O/c8-7(9,10)1-2-12-5(16)3-15-4-13-6(11)14-15/h4H,1-3H2,(H2,11,14)(H,12,16). The van der Waals surface area contributed by atoms with Gasteiger partial charge in [0, 0.05) is 6.54 Å². The maximum Gasteiger partial charge on any atom is 0.390 e. The van der Waals surface area contributed by atoms with E-state index in [0.717, 1.165) is 4.68 Å². The molecule has 0 aliphatic heterocycles. The van der Waals surface area contributed by atoms with Crippen LogP contribution < -0.4 is 11.1 Å². The number of alkyl halides is 3. The molecular formula is C7H10F3N5O. The molecule has 6 nitrogen and oxygen atoms in total. The summed E-state index contributed by atoms with van der Waals surface area (Å²) < 4.78 is 36.4. The average molecular weight is 237 g/mol. The molecule has 0 saturated heterocycles. The molecule has 0 aromatic carbocycles. The Kier molecular flexibility index (Phi) is 3.69. The van der Waals surface area contributed by atoms with Crippen LogP contribution in [0.4, 0.5) is 19.1 Å². The summed E-state index contributed by atoms with van der Waals surface area (Å²) in [7, 11) is 0. The van der Waals surface area contributed by atoms with E-state index in [0.29, 0.717) is 0 Å². The van der Waals surface area contributed by atoms with Gasteiger partial charge < -0.3 is 11.1 Å². The number of aromatic nitrogens is 3. The molecule has 0 spiro atoms. The van der Waals surface area contributed by atoms with Gasteiger partial charge in [-0.1, -0.05) is 0 Å². The minimum atomic E-state index is -4.27. The molecule has 1 aromatic heterocycles. The van der Waals surface area contributed by atoms with Crippen molar-refractivity contribution in [3.8, 4) is 0 Å². The number of carbonyl (C=O) groups excluding carboxylic acids is 1. The lowest BCUT2D eigenvalue weighted by Crippen LogP contribution is -2.31. The second-order valence-electron chi connectivity index (χ2n) is 3.02. The van der Waals surface area contributed by atoms with Gasteiger partial charge in [0.25, 0.3) is 0 Å². The molecule has 1 amide bonds. The van der Waals surface area contributed by atoms with Crippen LogP contribution >= 0.6 is 0 Å². The molecule has 0 atom stereocenters. The number of nitrogen functional groups attached to an aromatic ring is 1. The number of nitrogens with one attached hydrogen (secondary N) is 1. The van der Waals surface area contributed by atoms with E-state index in [4.69, 9.17) is 5.73 Å². The number of hydrogen-bond donors (Lipinski definition) is 2. The normalized spacial score (nSPS) is 11.4. The number of hydrogen-bond acceptors (Lipinski definition) is 4. The third kappa shape index (κ3) is 4.62. The Balaban J connectivity index is 2.26. The monoisotopic (exact) mass is 237 g/mol. The molecule has 1 heterocycles. The molecule has 0 saturated carbocycles. The number of nitrogens with zero attached hydrogens (tertiary/aromatic N) is 3. The molecule has 1 aromatic rings. The van der Waals surface area contributed by atoms with Crippen LogP contribution in [0.3, 0.4) is 0 Å². The Labute approximate surface area is 88.6 Å². The van der Waals surface area contributed by atoms with Crippen LogP contribution in [0.25, 0.3) is 0 Å². The third-order valence-electron chi connectivity index (χ3n) is 1.59. The van der Waals surface area contributed by atoms with Gasteiger partial charge in [0.15, 0.2) is 0 Å². The van der Waals surface area contributed by atoms with Crippen molar-refractivity contribution in [3.05, 3.63) is 6.33 Å². The van der Waals surface area contributed by atoms with Crippen LogP contribution in [0.1, 0.15) is 6.42 Å². The summed E-state index contributed by atoms with van der Waals surface area (Å²) in [5.74, 6) is -0.572. The van der Waals surface area contributed by atoms with Gasteiger partial charge in [-0.15, -0.1) is 5.10 Å². The van der Waals surface area contributed by atoms with Crippen LogP contribution in [-0.2, 0) is 11.3 Å². The summed E-state index contributed by atoms with van der Waals surface area (Å²) in [5, 5.41) is 5.72. The van der Waals surface area contributed by atoms with Gasteiger partial charge in [0.1, 0.15) is 12.9 Å². The number of halogens is 3. The minimum Gasteiger partial charge on any atom is -0.367 e. The SMILES string of the molecule is Nc1ncn(CC(=O)NCCC(F)(F)F)n1. The number of carbonyl (C=O) groups is 1. The lowest BCUT2D eigenvalue weighted by atomic mass is 10.4. The number of anilines is 1. The van der Waals surface area contributed by atoms with E-state index in [2.05, 4.69) is 15.4 Å². The van der Waals surface area contributed by atoms with Crippen molar-refractivity contribution in [2.24, 2.45) is 0 Å². The van der Waals surface area contributed by atoms with Gasteiger partial charge in [-0.2, -0.15) is 13.2 Å². The molecule has 0 bridgehead atoms. The first-order valence-electron chi connectivity index (χ1n) is 4.35. The highest BCUT2D eigenvalue weighted by molar-refractivity contribution is 5.75. The highest BCUT2D eigenvalue weighted by Crippen LogP contribution is 2.17. The zero-order valence-corrected chi connectivity index (χ0v) is 8.16. The summed E-state index contributed by atoms with van der Waals surface area (Å²) >= 11 is 0.